The molecule has 18 heavy (non-hydrogen) atoms. The number of rotatable bonds is 5. The van der Waals surface area contributed by atoms with Gasteiger partial charge in [0.15, 0.2) is 0 Å². The maximum Gasteiger partial charge on any atom is 0.226 e. The molecule has 0 aliphatic heterocycles. The lowest BCUT2D eigenvalue weighted by Crippen LogP contribution is -1.99. The highest BCUT2D eigenvalue weighted by Gasteiger charge is 2.09. The minimum atomic E-state index is 0.631. The number of nitrogens with zero attached hydrogens (tertiary/aromatic N) is 3. The molecule has 0 radical (unpaired) electrons. The molecule has 2 N–H and O–H groups in total. The number of nitrogens with two attached hydrogens (primary N) is 1. The third-order valence-corrected chi connectivity index (χ3v) is 2.65. The van der Waals surface area contributed by atoms with Crippen molar-refractivity contribution in [3.8, 4) is 11.4 Å². The number of unbranched alkanes of at least 4 members (excludes halogenated alkanes) is 1. The molecule has 0 bridgehead atoms. The molecule has 0 aliphatic rings. The minimum Gasteiger partial charge on any atom is -0.339 e. The molecule has 0 aliphatic carbocycles. The van der Waals surface area contributed by atoms with E-state index in [0.717, 1.165) is 36.2 Å². The molecule has 5 heteroatoms. The second-order valence-electron chi connectivity index (χ2n) is 4.40. The van der Waals surface area contributed by atoms with Crippen LogP contribution in [-0.2, 0) is 6.42 Å². The summed E-state index contributed by atoms with van der Waals surface area (Å²) in [6.45, 7) is 4.61. The van der Waals surface area contributed by atoms with Gasteiger partial charge < -0.3 is 10.3 Å². The molecule has 0 atom stereocenters. The normalized spacial score (nSPS) is 10.8. The fourth-order valence-corrected chi connectivity index (χ4v) is 1.86. The monoisotopic (exact) mass is 246 g/mol. The summed E-state index contributed by atoms with van der Waals surface area (Å²) in [7, 11) is 0. The maximum atomic E-state index is 5.45. The first-order valence-electron chi connectivity index (χ1n) is 6.17. The molecular formula is C13H18N4O. The Morgan fingerprint density at radius 1 is 1.11 bits per heavy atom. The minimum absolute atomic E-state index is 0.631. The predicted octanol–water partition coefficient (Wildman–Crippen LogP) is 2.03. The Morgan fingerprint density at radius 3 is 2.50 bits per heavy atom. The molecule has 2 aromatic heterocycles. The molecule has 0 fully saturated rings. The van der Waals surface area contributed by atoms with E-state index in [1.165, 1.54) is 0 Å². The van der Waals surface area contributed by atoms with Crippen LogP contribution in [0.5, 0.6) is 0 Å². The van der Waals surface area contributed by atoms with E-state index in [4.69, 9.17) is 10.3 Å². The molecule has 2 heterocycles. The van der Waals surface area contributed by atoms with Crippen molar-refractivity contribution in [2.75, 3.05) is 6.54 Å². The van der Waals surface area contributed by atoms with Crippen LogP contribution in [0.15, 0.2) is 16.7 Å². The van der Waals surface area contributed by atoms with Gasteiger partial charge >= 0.3 is 0 Å². The predicted molar refractivity (Wildman–Crippen MR) is 69.0 cm³/mol. The molecule has 0 amide bonds. The van der Waals surface area contributed by atoms with Gasteiger partial charge in [0.05, 0.1) is 0 Å². The standard InChI is InChI=1S/C13H18N4O/c1-9-7-11(8-10(2)15-9)13-16-12(18-17-13)5-3-4-6-14/h7-8H,3-6,14H2,1-2H3. The summed E-state index contributed by atoms with van der Waals surface area (Å²) in [6.07, 6.45) is 2.74. The lowest BCUT2D eigenvalue weighted by molar-refractivity contribution is 0.375. The summed E-state index contributed by atoms with van der Waals surface area (Å²) in [5.74, 6) is 1.30. The molecule has 2 rings (SSSR count). The highest BCUT2D eigenvalue weighted by molar-refractivity contribution is 5.55. The van der Waals surface area contributed by atoms with E-state index in [0.29, 0.717) is 18.3 Å². The number of pyridine rings is 1. The van der Waals surface area contributed by atoms with Crippen molar-refractivity contribution in [3.63, 3.8) is 0 Å². The van der Waals surface area contributed by atoms with Crippen LogP contribution in [0.3, 0.4) is 0 Å². The van der Waals surface area contributed by atoms with Gasteiger partial charge in [-0.05, 0) is 45.4 Å². The first-order chi connectivity index (χ1) is 8.69. The second kappa shape index (κ2) is 5.73. The SMILES string of the molecule is Cc1cc(-c2noc(CCCCN)n2)cc(C)n1. The first kappa shape index (κ1) is 12.7. The first-order valence-corrected chi connectivity index (χ1v) is 6.17. The van der Waals surface area contributed by atoms with Gasteiger partial charge in [-0.15, -0.1) is 0 Å². The summed E-state index contributed by atoms with van der Waals surface area (Å²) in [6, 6.07) is 3.92. The van der Waals surface area contributed by atoms with Gasteiger partial charge in [0, 0.05) is 23.4 Å². The fraction of sp³-hybridized carbons (Fsp3) is 0.462. The molecule has 0 spiro atoms. The molecule has 0 aromatic carbocycles. The van der Waals surface area contributed by atoms with Crippen molar-refractivity contribution < 1.29 is 4.52 Å². The third kappa shape index (κ3) is 3.13. The van der Waals surface area contributed by atoms with E-state index < -0.39 is 0 Å². The Hall–Kier alpha value is -1.75. The van der Waals surface area contributed by atoms with Crippen LogP contribution in [0, 0.1) is 13.8 Å². The van der Waals surface area contributed by atoms with E-state index in [9.17, 15) is 0 Å². The topological polar surface area (TPSA) is 77.8 Å². The Labute approximate surface area is 106 Å². The Balaban J connectivity index is 2.13. The summed E-state index contributed by atoms with van der Waals surface area (Å²) in [4.78, 5) is 8.72. The summed E-state index contributed by atoms with van der Waals surface area (Å²) < 4.78 is 5.22. The van der Waals surface area contributed by atoms with Crippen LogP contribution < -0.4 is 5.73 Å². The van der Waals surface area contributed by atoms with Crippen molar-refractivity contribution in [3.05, 3.63) is 29.4 Å². The van der Waals surface area contributed by atoms with E-state index in [1.807, 2.05) is 26.0 Å². The van der Waals surface area contributed by atoms with Crippen molar-refractivity contribution in [2.45, 2.75) is 33.1 Å². The van der Waals surface area contributed by atoms with E-state index in [1.54, 1.807) is 0 Å². The van der Waals surface area contributed by atoms with E-state index in [-0.39, 0.29) is 0 Å². The lowest BCUT2D eigenvalue weighted by atomic mass is 10.2. The zero-order chi connectivity index (χ0) is 13.0. The Morgan fingerprint density at radius 2 is 1.83 bits per heavy atom. The fourth-order valence-electron chi connectivity index (χ4n) is 1.86. The molecular weight excluding hydrogens is 228 g/mol. The van der Waals surface area contributed by atoms with Crippen LogP contribution in [0.1, 0.15) is 30.1 Å². The number of aromatic nitrogens is 3. The second-order valence-corrected chi connectivity index (χ2v) is 4.40. The smallest absolute Gasteiger partial charge is 0.226 e. The largest absolute Gasteiger partial charge is 0.339 e. The average molecular weight is 246 g/mol. The van der Waals surface area contributed by atoms with Gasteiger partial charge in [-0.2, -0.15) is 4.98 Å². The lowest BCUT2D eigenvalue weighted by Gasteiger charge is -1.98. The highest BCUT2D eigenvalue weighted by Crippen LogP contribution is 2.18. The van der Waals surface area contributed by atoms with Crippen molar-refractivity contribution in [2.24, 2.45) is 5.73 Å². The van der Waals surface area contributed by atoms with Crippen LogP contribution in [0.4, 0.5) is 0 Å². The zero-order valence-electron chi connectivity index (χ0n) is 10.8. The number of hydrogen-bond donors (Lipinski definition) is 1. The van der Waals surface area contributed by atoms with Crippen molar-refractivity contribution in [1.29, 1.82) is 0 Å². The molecule has 0 saturated heterocycles. The van der Waals surface area contributed by atoms with Gasteiger partial charge in [0.1, 0.15) is 0 Å². The molecule has 0 saturated carbocycles. The van der Waals surface area contributed by atoms with Crippen LogP contribution >= 0.6 is 0 Å². The van der Waals surface area contributed by atoms with Gasteiger partial charge in [-0.3, -0.25) is 4.98 Å². The Bertz CT molecular complexity index is 501. The molecule has 2 aromatic rings. The summed E-state index contributed by atoms with van der Waals surface area (Å²) in [5, 5.41) is 4.00. The zero-order valence-corrected chi connectivity index (χ0v) is 10.8. The average Bonchev–Trinajstić information content (AvgIpc) is 2.77. The van der Waals surface area contributed by atoms with Crippen molar-refractivity contribution >= 4 is 0 Å². The molecule has 96 valence electrons. The number of hydrogen-bond acceptors (Lipinski definition) is 5. The van der Waals surface area contributed by atoms with Crippen molar-refractivity contribution in [1.82, 2.24) is 15.1 Å². The Kier molecular flexibility index (Phi) is 4.04. The number of aryl methyl sites for hydroxylation is 3. The third-order valence-electron chi connectivity index (χ3n) is 2.65. The highest BCUT2D eigenvalue weighted by atomic mass is 16.5. The van der Waals surface area contributed by atoms with Gasteiger partial charge in [0.2, 0.25) is 11.7 Å². The molecule has 0 unspecified atom stereocenters. The quantitative estimate of drug-likeness (QED) is 0.817. The van der Waals surface area contributed by atoms with Crippen LogP contribution in [0.2, 0.25) is 0 Å². The van der Waals surface area contributed by atoms with Gasteiger partial charge in [0.25, 0.3) is 0 Å². The van der Waals surface area contributed by atoms with Crippen LogP contribution in [-0.4, -0.2) is 21.7 Å². The van der Waals surface area contributed by atoms with Crippen LogP contribution in [0.25, 0.3) is 11.4 Å². The van der Waals surface area contributed by atoms with E-state index >= 15 is 0 Å². The maximum absolute atomic E-state index is 5.45. The van der Waals surface area contributed by atoms with E-state index in [2.05, 4.69) is 15.1 Å². The summed E-state index contributed by atoms with van der Waals surface area (Å²) in [5.41, 5.74) is 8.32. The molecule has 5 nitrogen and oxygen atoms in total. The van der Waals surface area contributed by atoms with Gasteiger partial charge in [-0.25, -0.2) is 0 Å². The van der Waals surface area contributed by atoms with Gasteiger partial charge in [-0.1, -0.05) is 5.16 Å². The summed E-state index contributed by atoms with van der Waals surface area (Å²) >= 11 is 0.